The Morgan fingerprint density at radius 3 is 3.15 bits per heavy atom. The van der Waals surface area contributed by atoms with Crippen LogP contribution in [0.2, 0.25) is 0 Å². The lowest BCUT2D eigenvalue weighted by Crippen LogP contribution is -2.10. The number of benzene rings is 1. The molecule has 0 saturated carbocycles. The molecule has 2 nitrogen and oxygen atoms in total. The van der Waals surface area contributed by atoms with Gasteiger partial charge in [-0.3, -0.25) is 4.79 Å². The van der Waals surface area contributed by atoms with Crippen molar-refractivity contribution < 1.29 is 4.79 Å². The summed E-state index contributed by atoms with van der Waals surface area (Å²) < 4.78 is 0.952. The molecule has 1 aliphatic rings. The lowest BCUT2D eigenvalue weighted by Gasteiger charge is -2.07. The van der Waals surface area contributed by atoms with E-state index in [0.29, 0.717) is 6.42 Å². The van der Waals surface area contributed by atoms with Crippen LogP contribution in [-0.4, -0.2) is 11.7 Å². The van der Waals surface area contributed by atoms with Crippen molar-refractivity contribution in [2.45, 2.75) is 11.3 Å². The SMILES string of the molecule is O=C1CCSc2cccc(Br)c2N1. The van der Waals surface area contributed by atoms with Gasteiger partial charge in [0.05, 0.1) is 5.69 Å². The minimum Gasteiger partial charge on any atom is -0.324 e. The standard InChI is InChI=1S/C9H8BrNOS/c10-6-2-1-3-7-9(6)11-8(12)4-5-13-7/h1-3H,4-5H2,(H,11,12). The van der Waals surface area contributed by atoms with E-state index in [4.69, 9.17) is 0 Å². The first-order valence-corrected chi connectivity index (χ1v) is 5.76. The summed E-state index contributed by atoms with van der Waals surface area (Å²) >= 11 is 5.13. The van der Waals surface area contributed by atoms with Gasteiger partial charge in [0.15, 0.2) is 0 Å². The van der Waals surface area contributed by atoms with E-state index < -0.39 is 0 Å². The third kappa shape index (κ3) is 1.89. The average molecular weight is 258 g/mol. The number of anilines is 1. The third-order valence-corrected chi connectivity index (χ3v) is 3.55. The van der Waals surface area contributed by atoms with E-state index in [9.17, 15) is 4.79 Å². The molecule has 0 radical (unpaired) electrons. The number of fused-ring (bicyclic) bond motifs is 1. The minimum absolute atomic E-state index is 0.0955. The normalized spacial score (nSPS) is 15.9. The predicted molar refractivity (Wildman–Crippen MR) is 58.1 cm³/mol. The lowest BCUT2D eigenvalue weighted by atomic mass is 10.3. The van der Waals surface area contributed by atoms with Crippen molar-refractivity contribution in [1.29, 1.82) is 0 Å². The second kappa shape index (κ2) is 3.72. The molecule has 0 fully saturated rings. The number of thioether (sulfide) groups is 1. The largest absolute Gasteiger partial charge is 0.324 e. The summed E-state index contributed by atoms with van der Waals surface area (Å²) in [7, 11) is 0. The first kappa shape index (κ1) is 9.09. The molecular formula is C9H8BrNOS. The van der Waals surface area contributed by atoms with E-state index in [2.05, 4.69) is 21.2 Å². The Balaban J connectivity index is 2.46. The second-order valence-electron chi connectivity index (χ2n) is 2.76. The molecule has 1 heterocycles. The Kier molecular flexibility index (Phi) is 2.60. The van der Waals surface area contributed by atoms with Crippen molar-refractivity contribution in [1.82, 2.24) is 0 Å². The number of halogens is 1. The van der Waals surface area contributed by atoms with E-state index in [1.807, 2.05) is 18.2 Å². The number of nitrogens with one attached hydrogen (secondary N) is 1. The van der Waals surface area contributed by atoms with Crippen LogP contribution < -0.4 is 5.32 Å². The van der Waals surface area contributed by atoms with Gasteiger partial charge in [0.1, 0.15) is 0 Å². The van der Waals surface area contributed by atoms with Gasteiger partial charge in [0.25, 0.3) is 0 Å². The summed E-state index contributed by atoms with van der Waals surface area (Å²) in [5, 5.41) is 2.88. The maximum atomic E-state index is 11.3. The van der Waals surface area contributed by atoms with Crippen LogP contribution in [0.1, 0.15) is 6.42 Å². The first-order valence-electron chi connectivity index (χ1n) is 3.98. The van der Waals surface area contributed by atoms with Crippen LogP contribution in [-0.2, 0) is 4.79 Å². The summed E-state index contributed by atoms with van der Waals surface area (Å²) in [6.45, 7) is 0. The average Bonchev–Trinajstić information content (AvgIpc) is 2.28. The molecule has 0 bridgehead atoms. The molecule has 13 heavy (non-hydrogen) atoms. The third-order valence-electron chi connectivity index (χ3n) is 1.83. The minimum atomic E-state index is 0.0955. The fraction of sp³-hybridized carbons (Fsp3) is 0.222. The van der Waals surface area contributed by atoms with Crippen LogP contribution in [0.5, 0.6) is 0 Å². The van der Waals surface area contributed by atoms with Crippen LogP contribution in [0.4, 0.5) is 5.69 Å². The van der Waals surface area contributed by atoms with Gasteiger partial charge in [-0.25, -0.2) is 0 Å². The summed E-state index contributed by atoms with van der Waals surface area (Å²) in [5.74, 6) is 0.952. The molecule has 0 unspecified atom stereocenters. The fourth-order valence-corrected chi connectivity index (χ4v) is 2.79. The van der Waals surface area contributed by atoms with E-state index in [1.165, 1.54) is 0 Å². The first-order chi connectivity index (χ1) is 6.27. The van der Waals surface area contributed by atoms with Gasteiger partial charge < -0.3 is 5.32 Å². The van der Waals surface area contributed by atoms with E-state index >= 15 is 0 Å². The zero-order valence-electron chi connectivity index (χ0n) is 6.84. The van der Waals surface area contributed by atoms with Crippen molar-refractivity contribution >= 4 is 39.3 Å². The maximum absolute atomic E-state index is 11.3. The monoisotopic (exact) mass is 257 g/mol. The van der Waals surface area contributed by atoms with Crippen LogP contribution in [0.15, 0.2) is 27.6 Å². The Labute approximate surface area is 89.2 Å². The Morgan fingerprint density at radius 2 is 2.31 bits per heavy atom. The van der Waals surface area contributed by atoms with Gasteiger partial charge in [-0.15, -0.1) is 11.8 Å². The summed E-state index contributed by atoms with van der Waals surface area (Å²) in [6.07, 6.45) is 0.589. The molecule has 68 valence electrons. The summed E-state index contributed by atoms with van der Waals surface area (Å²) in [6, 6.07) is 5.94. The van der Waals surface area contributed by atoms with Gasteiger partial charge in [0, 0.05) is 21.5 Å². The number of hydrogen-bond acceptors (Lipinski definition) is 2. The van der Waals surface area contributed by atoms with Crippen molar-refractivity contribution in [3.05, 3.63) is 22.7 Å². The lowest BCUT2D eigenvalue weighted by molar-refractivity contribution is -0.115. The van der Waals surface area contributed by atoms with Crippen molar-refractivity contribution in [2.24, 2.45) is 0 Å². The molecule has 1 aromatic rings. The highest BCUT2D eigenvalue weighted by atomic mass is 79.9. The van der Waals surface area contributed by atoms with Gasteiger partial charge in [-0.2, -0.15) is 0 Å². The molecule has 0 atom stereocenters. The summed E-state index contributed by atoms with van der Waals surface area (Å²) in [5.41, 5.74) is 0.912. The molecule has 1 aromatic carbocycles. The second-order valence-corrected chi connectivity index (χ2v) is 4.75. The molecule has 1 amide bonds. The molecule has 0 aliphatic carbocycles. The maximum Gasteiger partial charge on any atom is 0.225 e. The van der Waals surface area contributed by atoms with Crippen LogP contribution >= 0.6 is 27.7 Å². The zero-order valence-corrected chi connectivity index (χ0v) is 9.24. The number of amides is 1. The Hall–Kier alpha value is -0.480. The smallest absolute Gasteiger partial charge is 0.225 e. The van der Waals surface area contributed by atoms with Gasteiger partial charge in [-0.1, -0.05) is 6.07 Å². The molecule has 0 aromatic heterocycles. The van der Waals surface area contributed by atoms with Crippen LogP contribution in [0.3, 0.4) is 0 Å². The van der Waals surface area contributed by atoms with Gasteiger partial charge in [-0.05, 0) is 28.1 Å². The highest BCUT2D eigenvalue weighted by Crippen LogP contribution is 2.35. The Morgan fingerprint density at radius 1 is 1.46 bits per heavy atom. The number of para-hydroxylation sites is 1. The van der Waals surface area contributed by atoms with Crippen molar-refractivity contribution in [3.8, 4) is 0 Å². The topological polar surface area (TPSA) is 29.1 Å². The number of carbonyl (C=O) groups excluding carboxylic acids is 1. The van der Waals surface area contributed by atoms with Gasteiger partial charge >= 0.3 is 0 Å². The van der Waals surface area contributed by atoms with E-state index in [1.54, 1.807) is 11.8 Å². The predicted octanol–water partition coefficient (Wildman–Crippen LogP) is 2.88. The van der Waals surface area contributed by atoms with Crippen LogP contribution in [0.25, 0.3) is 0 Å². The highest BCUT2D eigenvalue weighted by molar-refractivity contribution is 9.10. The van der Waals surface area contributed by atoms with Crippen molar-refractivity contribution in [2.75, 3.05) is 11.1 Å². The quantitative estimate of drug-likeness (QED) is 0.775. The highest BCUT2D eigenvalue weighted by Gasteiger charge is 2.14. The molecule has 2 rings (SSSR count). The van der Waals surface area contributed by atoms with E-state index in [-0.39, 0.29) is 5.91 Å². The molecule has 1 aliphatic heterocycles. The number of hydrogen-bond donors (Lipinski definition) is 1. The van der Waals surface area contributed by atoms with Crippen molar-refractivity contribution in [3.63, 3.8) is 0 Å². The molecular weight excluding hydrogens is 250 g/mol. The Bertz CT molecular complexity index is 353. The fourth-order valence-electron chi connectivity index (χ4n) is 1.20. The van der Waals surface area contributed by atoms with Crippen LogP contribution in [0, 0.1) is 0 Å². The molecule has 4 heteroatoms. The zero-order chi connectivity index (χ0) is 9.26. The number of carbonyl (C=O) groups is 1. The molecule has 0 spiro atoms. The molecule has 1 N–H and O–H groups in total. The van der Waals surface area contributed by atoms with E-state index in [0.717, 1.165) is 20.8 Å². The molecule has 0 saturated heterocycles. The number of rotatable bonds is 0. The van der Waals surface area contributed by atoms with Gasteiger partial charge in [0.2, 0.25) is 5.91 Å². The summed E-state index contributed by atoms with van der Waals surface area (Å²) in [4.78, 5) is 12.4.